The van der Waals surface area contributed by atoms with Gasteiger partial charge in [-0.15, -0.1) is 11.3 Å². The van der Waals surface area contributed by atoms with Crippen LogP contribution >= 0.6 is 11.3 Å². The molecule has 0 spiro atoms. The molecule has 3 aromatic rings. The molecule has 0 aliphatic heterocycles. The molecule has 2 unspecified atom stereocenters. The lowest BCUT2D eigenvalue weighted by Crippen LogP contribution is -2.39. The molecule has 0 radical (unpaired) electrons. The van der Waals surface area contributed by atoms with Gasteiger partial charge in [0.05, 0.1) is 17.8 Å². The summed E-state index contributed by atoms with van der Waals surface area (Å²) in [6.45, 7) is 1.66. The van der Waals surface area contributed by atoms with Crippen molar-refractivity contribution in [1.29, 1.82) is 0 Å². The van der Waals surface area contributed by atoms with E-state index in [2.05, 4.69) is 20.6 Å². The maximum Gasteiger partial charge on any atom is 0.321 e. The lowest BCUT2D eigenvalue weighted by Gasteiger charge is -2.20. The zero-order valence-corrected chi connectivity index (χ0v) is 14.7. The van der Waals surface area contributed by atoms with E-state index in [0.717, 1.165) is 11.3 Å². The van der Waals surface area contributed by atoms with Crippen LogP contribution in [-0.2, 0) is 0 Å². The van der Waals surface area contributed by atoms with E-state index in [1.165, 1.54) is 35.6 Å². The molecule has 0 fully saturated rings. The second kappa shape index (κ2) is 8.03. The Morgan fingerprint density at radius 2 is 2.04 bits per heavy atom. The standard InChI is InChI=1S/C18H17FN4O2S/c1-11(16(24)12-4-6-14(19)7-5-12)21-17(25)23-18-22-15(10-26-18)13-3-2-8-20-9-13/h2-11,16,24H,1H3,(H2,21,22,23,25). The number of amides is 2. The van der Waals surface area contributed by atoms with E-state index in [1.807, 2.05) is 17.5 Å². The topological polar surface area (TPSA) is 87.1 Å². The smallest absolute Gasteiger partial charge is 0.321 e. The van der Waals surface area contributed by atoms with E-state index in [9.17, 15) is 14.3 Å². The summed E-state index contributed by atoms with van der Waals surface area (Å²) in [5, 5.41) is 17.8. The summed E-state index contributed by atoms with van der Waals surface area (Å²) in [6.07, 6.45) is 2.42. The van der Waals surface area contributed by atoms with Crippen molar-refractivity contribution in [2.45, 2.75) is 19.1 Å². The predicted octanol–water partition coefficient (Wildman–Crippen LogP) is 3.59. The first-order chi connectivity index (χ1) is 12.5. The zero-order chi connectivity index (χ0) is 18.5. The molecule has 0 bridgehead atoms. The number of pyridine rings is 1. The average molecular weight is 372 g/mol. The number of halogens is 1. The number of carbonyl (C=O) groups is 1. The Balaban J connectivity index is 1.58. The van der Waals surface area contributed by atoms with Crippen molar-refractivity contribution in [3.05, 3.63) is 65.6 Å². The van der Waals surface area contributed by atoms with E-state index in [0.29, 0.717) is 10.7 Å². The Hall–Kier alpha value is -2.84. The number of carbonyl (C=O) groups excluding carboxylic acids is 1. The molecule has 0 saturated carbocycles. The van der Waals surface area contributed by atoms with Gasteiger partial charge in [0, 0.05) is 23.3 Å². The summed E-state index contributed by atoms with van der Waals surface area (Å²) in [7, 11) is 0. The molecule has 134 valence electrons. The number of aromatic nitrogens is 2. The highest BCUT2D eigenvalue weighted by atomic mass is 32.1. The minimum atomic E-state index is -0.955. The molecule has 2 atom stereocenters. The van der Waals surface area contributed by atoms with E-state index in [4.69, 9.17) is 0 Å². The van der Waals surface area contributed by atoms with Crippen LogP contribution in [0.3, 0.4) is 0 Å². The third-order valence-corrected chi connectivity index (χ3v) is 4.48. The normalized spacial score (nSPS) is 13.0. The number of hydrogen-bond acceptors (Lipinski definition) is 5. The number of aliphatic hydroxyl groups excluding tert-OH is 1. The van der Waals surface area contributed by atoms with Gasteiger partial charge in [-0.05, 0) is 36.8 Å². The number of benzene rings is 1. The first-order valence-corrected chi connectivity index (χ1v) is 8.78. The fourth-order valence-electron chi connectivity index (χ4n) is 2.35. The Kier molecular flexibility index (Phi) is 5.55. The van der Waals surface area contributed by atoms with Crippen molar-refractivity contribution in [3.63, 3.8) is 0 Å². The quantitative estimate of drug-likeness (QED) is 0.639. The highest BCUT2D eigenvalue weighted by Crippen LogP contribution is 2.24. The highest BCUT2D eigenvalue weighted by Gasteiger charge is 2.19. The molecule has 8 heteroatoms. The van der Waals surface area contributed by atoms with E-state index in [1.54, 1.807) is 19.3 Å². The molecule has 2 aromatic heterocycles. The molecule has 26 heavy (non-hydrogen) atoms. The highest BCUT2D eigenvalue weighted by molar-refractivity contribution is 7.14. The van der Waals surface area contributed by atoms with Crippen LogP contribution in [0.1, 0.15) is 18.6 Å². The summed E-state index contributed by atoms with van der Waals surface area (Å²) in [5.41, 5.74) is 2.10. The van der Waals surface area contributed by atoms with Gasteiger partial charge in [-0.2, -0.15) is 0 Å². The van der Waals surface area contributed by atoms with Gasteiger partial charge in [-0.1, -0.05) is 12.1 Å². The van der Waals surface area contributed by atoms with Gasteiger partial charge in [0.15, 0.2) is 5.13 Å². The van der Waals surface area contributed by atoms with Gasteiger partial charge in [0.25, 0.3) is 0 Å². The van der Waals surface area contributed by atoms with Crippen molar-refractivity contribution in [1.82, 2.24) is 15.3 Å². The van der Waals surface area contributed by atoms with Crippen molar-refractivity contribution >= 4 is 22.5 Å². The van der Waals surface area contributed by atoms with Crippen molar-refractivity contribution in [2.75, 3.05) is 5.32 Å². The van der Waals surface area contributed by atoms with Gasteiger partial charge >= 0.3 is 6.03 Å². The molecule has 0 aliphatic rings. The van der Waals surface area contributed by atoms with E-state index in [-0.39, 0.29) is 5.82 Å². The number of aliphatic hydroxyl groups is 1. The van der Waals surface area contributed by atoms with E-state index < -0.39 is 18.2 Å². The monoisotopic (exact) mass is 372 g/mol. The Bertz CT molecular complexity index is 870. The number of urea groups is 1. The fourth-order valence-corrected chi connectivity index (χ4v) is 3.06. The van der Waals surface area contributed by atoms with Crippen molar-refractivity contribution in [3.8, 4) is 11.3 Å². The molecule has 6 nitrogen and oxygen atoms in total. The van der Waals surface area contributed by atoms with E-state index >= 15 is 0 Å². The second-order valence-corrected chi connectivity index (χ2v) is 6.52. The largest absolute Gasteiger partial charge is 0.386 e. The molecule has 2 amide bonds. The number of hydrogen-bond donors (Lipinski definition) is 3. The summed E-state index contributed by atoms with van der Waals surface area (Å²) in [6, 6.07) is 8.14. The minimum absolute atomic E-state index is 0.382. The molecule has 0 saturated heterocycles. The molecule has 3 rings (SSSR count). The summed E-state index contributed by atoms with van der Waals surface area (Å²) in [4.78, 5) is 20.5. The third-order valence-electron chi connectivity index (χ3n) is 3.73. The molecule has 1 aromatic carbocycles. The molecular weight excluding hydrogens is 355 g/mol. The maximum atomic E-state index is 13.0. The first kappa shape index (κ1) is 18.0. The van der Waals surface area contributed by atoms with Gasteiger partial charge < -0.3 is 10.4 Å². The number of nitrogens with zero attached hydrogens (tertiary/aromatic N) is 2. The van der Waals surface area contributed by atoms with Crippen LogP contribution in [0.15, 0.2) is 54.2 Å². The van der Waals surface area contributed by atoms with Gasteiger partial charge in [0.1, 0.15) is 5.82 Å². The zero-order valence-electron chi connectivity index (χ0n) is 13.9. The Morgan fingerprint density at radius 1 is 1.27 bits per heavy atom. The van der Waals surface area contributed by atoms with Crippen LogP contribution < -0.4 is 10.6 Å². The van der Waals surface area contributed by atoms with Crippen LogP contribution in [0.5, 0.6) is 0 Å². The summed E-state index contributed by atoms with van der Waals surface area (Å²) < 4.78 is 13.0. The molecular formula is C18H17FN4O2S. The van der Waals surface area contributed by atoms with Crippen LogP contribution in [0.25, 0.3) is 11.3 Å². The lowest BCUT2D eigenvalue weighted by atomic mass is 10.0. The maximum absolute atomic E-state index is 13.0. The van der Waals surface area contributed by atoms with Crippen LogP contribution in [-0.4, -0.2) is 27.1 Å². The first-order valence-electron chi connectivity index (χ1n) is 7.90. The SMILES string of the molecule is CC(NC(=O)Nc1nc(-c2cccnc2)cs1)C(O)c1ccc(F)cc1. The van der Waals surface area contributed by atoms with Crippen LogP contribution in [0.2, 0.25) is 0 Å². The number of thiazole rings is 1. The Morgan fingerprint density at radius 3 is 2.73 bits per heavy atom. The minimum Gasteiger partial charge on any atom is -0.386 e. The van der Waals surface area contributed by atoms with Crippen LogP contribution in [0, 0.1) is 5.82 Å². The number of rotatable bonds is 5. The van der Waals surface area contributed by atoms with Gasteiger partial charge in [-0.25, -0.2) is 14.2 Å². The third kappa shape index (κ3) is 4.41. The average Bonchev–Trinajstić information content (AvgIpc) is 3.10. The van der Waals surface area contributed by atoms with Crippen molar-refractivity contribution < 1.29 is 14.3 Å². The summed E-state index contributed by atoms with van der Waals surface area (Å²) >= 11 is 1.29. The summed E-state index contributed by atoms with van der Waals surface area (Å²) in [5.74, 6) is -0.382. The predicted molar refractivity (Wildman–Crippen MR) is 98.3 cm³/mol. The molecule has 3 N–H and O–H groups in total. The molecule has 2 heterocycles. The van der Waals surface area contributed by atoms with Gasteiger partial charge in [-0.3, -0.25) is 10.3 Å². The van der Waals surface area contributed by atoms with Gasteiger partial charge in [0.2, 0.25) is 0 Å². The second-order valence-electron chi connectivity index (χ2n) is 5.66. The lowest BCUT2D eigenvalue weighted by molar-refractivity contribution is 0.139. The number of nitrogens with one attached hydrogen (secondary N) is 2. The fraction of sp³-hybridized carbons (Fsp3) is 0.167. The van der Waals surface area contributed by atoms with Crippen molar-refractivity contribution in [2.24, 2.45) is 0 Å². The number of anilines is 1. The Labute approximate surface area is 153 Å². The molecule has 0 aliphatic carbocycles. The van der Waals surface area contributed by atoms with Crippen LogP contribution in [0.4, 0.5) is 14.3 Å².